The molecule has 1 N–H and O–H groups in total. The molecule has 0 radical (unpaired) electrons. The molecule has 2 rings (SSSR count). The summed E-state index contributed by atoms with van der Waals surface area (Å²) in [5.74, 6) is -0.337. The van der Waals surface area contributed by atoms with Crippen LogP contribution < -0.4 is 5.32 Å². The van der Waals surface area contributed by atoms with Crippen LogP contribution in [0.5, 0.6) is 0 Å². The number of hydrogen-bond acceptors (Lipinski definition) is 2. The first-order chi connectivity index (χ1) is 9.04. The number of nitrogens with one attached hydrogen (secondary N) is 1. The Morgan fingerprint density at radius 2 is 2.11 bits per heavy atom. The average molecular weight is 272 g/mol. The van der Waals surface area contributed by atoms with Crippen molar-refractivity contribution < 1.29 is 13.2 Å². The molecule has 0 aromatic heterocycles. The lowest BCUT2D eigenvalue weighted by Crippen LogP contribution is -2.24. The molecule has 0 spiro atoms. The van der Waals surface area contributed by atoms with Crippen LogP contribution in [0.15, 0.2) is 18.2 Å². The third-order valence-electron chi connectivity index (χ3n) is 3.17. The summed E-state index contributed by atoms with van der Waals surface area (Å²) in [6, 6.07) is 5.50. The second-order valence-electron chi connectivity index (χ2n) is 5.17. The van der Waals surface area contributed by atoms with Gasteiger partial charge in [-0.2, -0.15) is 0 Å². The Morgan fingerprint density at radius 1 is 1.37 bits per heavy atom. The van der Waals surface area contributed by atoms with E-state index in [9.17, 15) is 13.2 Å². The maximum atomic E-state index is 13.6. The van der Waals surface area contributed by atoms with E-state index in [1.165, 1.54) is 23.8 Å². The summed E-state index contributed by atoms with van der Waals surface area (Å²) in [6.45, 7) is 0.563. The zero-order valence-corrected chi connectivity index (χ0v) is 11.0. The van der Waals surface area contributed by atoms with E-state index in [1.807, 2.05) is 0 Å². The van der Waals surface area contributed by atoms with Gasteiger partial charge in [-0.25, -0.2) is 13.2 Å². The fourth-order valence-corrected chi connectivity index (χ4v) is 2.00. The van der Waals surface area contributed by atoms with Crippen LogP contribution in [0.2, 0.25) is 0 Å². The summed E-state index contributed by atoms with van der Waals surface area (Å²) < 4.78 is 38.1. The number of nitrogens with zero attached hydrogens (tertiary/aromatic N) is 1. The van der Waals surface area contributed by atoms with Crippen LogP contribution in [0.3, 0.4) is 0 Å². The summed E-state index contributed by atoms with van der Waals surface area (Å²) >= 11 is 0. The Hall–Kier alpha value is -1.07. The molecular formula is C14H19F3N2. The summed E-state index contributed by atoms with van der Waals surface area (Å²) in [6.07, 6.45) is 0.00359. The minimum atomic E-state index is -2.40. The third-order valence-corrected chi connectivity index (χ3v) is 3.17. The van der Waals surface area contributed by atoms with Crippen LogP contribution in [-0.4, -0.2) is 31.0 Å². The lowest BCUT2D eigenvalue weighted by molar-refractivity contribution is 0.0970. The van der Waals surface area contributed by atoms with Crippen LogP contribution in [-0.2, 0) is 13.1 Å². The molecule has 106 valence electrons. The molecule has 0 unspecified atom stereocenters. The normalized spacial score (nSPS) is 15.5. The molecule has 1 aromatic rings. The predicted octanol–water partition coefficient (Wildman–Crippen LogP) is 2.77. The van der Waals surface area contributed by atoms with Crippen molar-refractivity contribution in [3.63, 3.8) is 0 Å². The van der Waals surface area contributed by atoms with E-state index in [4.69, 9.17) is 0 Å². The lowest BCUT2D eigenvalue weighted by atomic mass is 10.1. The van der Waals surface area contributed by atoms with Gasteiger partial charge in [-0.15, -0.1) is 0 Å². The first-order valence-corrected chi connectivity index (χ1v) is 6.52. The molecule has 1 saturated carbocycles. The fourth-order valence-electron chi connectivity index (χ4n) is 2.00. The number of rotatable bonds is 7. The van der Waals surface area contributed by atoms with E-state index in [-0.39, 0.29) is 18.9 Å². The monoisotopic (exact) mass is 272 g/mol. The molecule has 1 aliphatic carbocycles. The Bertz CT molecular complexity index is 419. The van der Waals surface area contributed by atoms with Crippen LogP contribution in [0.25, 0.3) is 0 Å². The first kappa shape index (κ1) is 14.3. The summed E-state index contributed by atoms with van der Waals surface area (Å²) in [5.41, 5.74) is 1.46. The van der Waals surface area contributed by atoms with Gasteiger partial charge in [0.1, 0.15) is 5.82 Å². The van der Waals surface area contributed by atoms with Gasteiger partial charge in [0.25, 0.3) is 6.43 Å². The van der Waals surface area contributed by atoms with E-state index in [0.717, 1.165) is 5.56 Å². The van der Waals surface area contributed by atoms with Crippen molar-refractivity contribution in [2.45, 2.75) is 38.4 Å². The van der Waals surface area contributed by atoms with Crippen molar-refractivity contribution in [3.8, 4) is 0 Å². The Kier molecular flexibility index (Phi) is 4.82. The van der Waals surface area contributed by atoms with Gasteiger partial charge in [-0.3, -0.25) is 4.90 Å². The molecule has 0 bridgehead atoms. The van der Waals surface area contributed by atoms with Gasteiger partial charge in [0, 0.05) is 24.7 Å². The van der Waals surface area contributed by atoms with Crippen LogP contribution in [0, 0.1) is 5.82 Å². The molecule has 1 fully saturated rings. The molecule has 0 atom stereocenters. The minimum Gasteiger partial charge on any atom is -0.310 e. The lowest BCUT2D eigenvalue weighted by Gasteiger charge is -2.17. The zero-order valence-electron chi connectivity index (χ0n) is 11.0. The first-order valence-electron chi connectivity index (χ1n) is 6.52. The van der Waals surface area contributed by atoms with Crippen molar-refractivity contribution in [2.24, 2.45) is 0 Å². The van der Waals surface area contributed by atoms with Crippen molar-refractivity contribution in [3.05, 3.63) is 35.1 Å². The Balaban J connectivity index is 1.95. The smallest absolute Gasteiger partial charge is 0.251 e. The predicted molar refractivity (Wildman–Crippen MR) is 68.6 cm³/mol. The average Bonchev–Trinajstić information content (AvgIpc) is 3.13. The van der Waals surface area contributed by atoms with Gasteiger partial charge in [-0.05, 0) is 31.5 Å². The molecule has 1 aliphatic rings. The molecule has 2 nitrogen and oxygen atoms in total. The number of halogens is 3. The molecule has 1 aromatic carbocycles. The topological polar surface area (TPSA) is 15.3 Å². The van der Waals surface area contributed by atoms with Crippen LogP contribution in [0.4, 0.5) is 13.2 Å². The van der Waals surface area contributed by atoms with E-state index in [0.29, 0.717) is 18.2 Å². The van der Waals surface area contributed by atoms with E-state index < -0.39 is 6.43 Å². The van der Waals surface area contributed by atoms with Gasteiger partial charge in [-0.1, -0.05) is 12.1 Å². The van der Waals surface area contributed by atoms with Gasteiger partial charge in [0.05, 0.1) is 6.54 Å². The second kappa shape index (κ2) is 6.39. The largest absolute Gasteiger partial charge is 0.310 e. The number of hydrogen-bond donors (Lipinski definition) is 1. The highest BCUT2D eigenvalue weighted by molar-refractivity contribution is 5.25. The molecule has 0 heterocycles. The molecule has 19 heavy (non-hydrogen) atoms. The third kappa shape index (κ3) is 4.84. The van der Waals surface area contributed by atoms with Crippen molar-refractivity contribution >= 4 is 0 Å². The van der Waals surface area contributed by atoms with E-state index in [1.54, 1.807) is 19.2 Å². The standard InChI is InChI=1S/C14H19F3N2/c1-19(9-14(16)17)8-11-6-10(2-5-13(11)15)7-18-12-3-4-12/h2,5-6,12,14,18H,3-4,7-9H2,1H3. The van der Waals surface area contributed by atoms with Crippen molar-refractivity contribution in [2.75, 3.05) is 13.6 Å². The van der Waals surface area contributed by atoms with Crippen LogP contribution in [0.1, 0.15) is 24.0 Å². The molecule has 0 aliphatic heterocycles. The van der Waals surface area contributed by atoms with Gasteiger partial charge >= 0.3 is 0 Å². The van der Waals surface area contributed by atoms with Gasteiger partial charge in [0.2, 0.25) is 0 Å². The molecule has 0 saturated heterocycles. The van der Waals surface area contributed by atoms with E-state index in [2.05, 4.69) is 5.32 Å². The van der Waals surface area contributed by atoms with E-state index >= 15 is 0 Å². The van der Waals surface area contributed by atoms with Gasteiger partial charge in [0.15, 0.2) is 0 Å². The minimum absolute atomic E-state index is 0.202. The quantitative estimate of drug-likeness (QED) is 0.821. The fraction of sp³-hybridized carbons (Fsp3) is 0.571. The maximum Gasteiger partial charge on any atom is 0.251 e. The molecular weight excluding hydrogens is 253 g/mol. The molecule has 5 heteroatoms. The van der Waals surface area contributed by atoms with Gasteiger partial charge < -0.3 is 5.32 Å². The SMILES string of the molecule is CN(Cc1cc(CNC2CC2)ccc1F)CC(F)F. The number of alkyl halides is 2. The Labute approximate surface area is 111 Å². The highest BCUT2D eigenvalue weighted by Gasteiger charge is 2.20. The van der Waals surface area contributed by atoms with Crippen LogP contribution >= 0.6 is 0 Å². The number of benzene rings is 1. The zero-order chi connectivity index (χ0) is 13.8. The second-order valence-corrected chi connectivity index (χ2v) is 5.17. The Morgan fingerprint density at radius 3 is 2.74 bits per heavy atom. The summed E-state index contributed by atoms with van der Waals surface area (Å²) in [5, 5.41) is 3.35. The van der Waals surface area contributed by atoms with Crippen molar-refractivity contribution in [1.29, 1.82) is 0 Å². The van der Waals surface area contributed by atoms with Crippen molar-refractivity contribution in [1.82, 2.24) is 10.2 Å². The molecule has 0 amide bonds. The summed E-state index contributed by atoms with van der Waals surface area (Å²) in [7, 11) is 1.57. The highest BCUT2D eigenvalue weighted by Crippen LogP contribution is 2.20. The summed E-state index contributed by atoms with van der Waals surface area (Å²) in [4.78, 5) is 1.43. The maximum absolute atomic E-state index is 13.6. The highest BCUT2D eigenvalue weighted by atomic mass is 19.3.